The molecule has 0 spiro atoms. The summed E-state index contributed by atoms with van der Waals surface area (Å²) in [7, 11) is 0. The molecular formula is C17H17NO2. The van der Waals surface area contributed by atoms with Crippen molar-refractivity contribution >= 4 is 17.5 Å². The molecule has 1 aromatic rings. The molecule has 1 heterocycles. The van der Waals surface area contributed by atoms with Gasteiger partial charge in [0.1, 0.15) is 0 Å². The lowest BCUT2D eigenvalue weighted by molar-refractivity contribution is -0.127. The quantitative estimate of drug-likeness (QED) is 0.579. The maximum absolute atomic E-state index is 12.9. The second-order valence-corrected chi connectivity index (χ2v) is 6.47. The lowest BCUT2D eigenvalue weighted by Gasteiger charge is -2.28. The number of imide groups is 1. The Hall–Kier alpha value is -1.90. The van der Waals surface area contributed by atoms with Gasteiger partial charge in [-0.2, -0.15) is 0 Å². The van der Waals surface area contributed by atoms with Crippen LogP contribution in [0.4, 0.5) is 5.69 Å². The first-order valence-electron chi connectivity index (χ1n) is 7.17. The third-order valence-electron chi connectivity index (χ3n) is 5.37. The van der Waals surface area contributed by atoms with Crippen molar-refractivity contribution < 1.29 is 9.59 Å². The minimum atomic E-state index is -0.528. The zero-order chi connectivity index (χ0) is 14.1. The summed E-state index contributed by atoms with van der Waals surface area (Å²) in [6.07, 6.45) is 5.22. The molecule has 102 valence electrons. The van der Waals surface area contributed by atoms with Crippen molar-refractivity contribution in [3.8, 4) is 0 Å². The Balaban J connectivity index is 1.82. The van der Waals surface area contributed by atoms with Gasteiger partial charge in [0.25, 0.3) is 0 Å². The molecule has 1 aliphatic heterocycles. The lowest BCUT2D eigenvalue weighted by Crippen LogP contribution is -2.37. The van der Waals surface area contributed by atoms with Crippen LogP contribution in [0.2, 0.25) is 0 Å². The number of allylic oxidation sites excluding steroid dienone is 2. The Morgan fingerprint density at radius 1 is 1.25 bits per heavy atom. The van der Waals surface area contributed by atoms with Gasteiger partial charge in [-0.25, -0.2) is 4.90 Å². The topological polar surface area (TPSA) is 37.4 Å². The van der Waals surface area contributed by atoms with Crippen molar-refractivity contribution in [3.63, 3.8) is 0 Å². The normalized spacial score (nSPS) is 37.9. The number of hydrogen-bond acceptors (Lipinski definition) is 2. The predicted octanol–water partition coefficient (Wildman–Crippen LogP) is 2.70. The fraction of sp³-hybridized carbons (Fsp3) is 0.412. The highest BCUT2D eigenvalue weighted by atomic mass is 16.2. The highest BCUT2D eigenvalue weighted by Crippen LogP contribution is 2.60. The summed E-state index contributed by atoms with van der Waals surface area (Å²) in [5, 5.41) is 0. The van der Waals surface area contributed by atoms with Crippen molar-refractivity contribution in [3.05, 3.63) is 42.0 Å². The van der Waals surface area contributed by atoms with Gasteiger partial charge < -0.3 is 0 Å². The average Bonchev–Trinajstić information content (AvgIpc) is 3.03. The van der Waals surface area contributed by atoms with E-state index < -0.39 is 5.41 Å². The van der Waals surface area contributed by atoms with Crippen molar-refractivity contribution in [2.24, 2.45) is 23.2 Å². The van der Waals surface area contributed by atoms with Crippen LogP contribution in [0.15, 0.2) is 36.4 Å². The minimum absolute atomic E-state index is 0.0139. The van der Waals surface area contributed by atoms with Crippen LogP contribution >= 0.6 is 0 Å². The van der Waals surface area contributed by atoms with E-state index in [-0.39, 0.29) is 29.6 Å². The second-order valence-electron chi connectivity index (χ2n) is 6.47. The summed E-state index contributed by atoms with van der Waals surface area (Å²) in [6, 6.07) is 7.63. The number of carbonyl (C=O) groups is 2. The fourth-order valence-corrected chi connectivity index (χ4v) is 4.32. The van der Waals surface area contributed by atoms with E-state index in [0.29, 0.717) is 0 Å². The van der Waals surface area contributed by atoms with Crippen LogP contribution in [0.5, 0.6) is 0 Å². The SMILES string of the molecule is Cc1cccc(N2C(=O)[C@@H]3[C@H]4C=C[C@@H](C4)[C@@]3(C)C2=O)c1. The fourth-order valence-electron chi connectivity index (χ4n) is 4.32. The zero-order valence-corrected chi connectivity index (χ0v) is 11.7. The smallest absolute Gasteiger partial charge is 0.241 e. The molecule has 2 aliphatic carbocycles. The first-order chi connectivity index (χ1) is 9.53. The van der Waals surface area contributed by atoms with Crippen LogP contribution in [0, 0.1) is 30.1 Å². The molecule has 1 saturated carbocycles. The first-order valence-corrected chi connectivity index (χ1v) is 7.17. The van der Waals surface area contributed by atoms with Crippen LogP contribution in [-0.2, 0) is 9.59 Å². The average molecular weight is 267 g/mol. The molecule has 1 saturated heterocycles. The Morgan fingerprint density at radius 3 is 2.75 bits per heavy atom. The van der Waals surface area contributed by atoms with Crippen molar-refractivity contribution in [1.29, 1.82) is 0 Å². The van der Waals surface area contributed by atoms with Crippen LogP contribution in [0.25, 0.3) is 0 Å². The van der Waals surface area contributed by atoms with E-state index in [9.17, 15) is 9.59 Å². The number of nitrogens with zero attached hydrogens (tertiary/aromatic N) is 1. The van der Waals surface area contributed by atoms with Crippen molar-refractivity contribution in [1.82, 2.24) is 0 Å². The molecule has 0 unspecified atom stereocenters. The second kappa shape index (κ2) is 3.60. The molecule has 2 fully saturated rings. The van der Waals surface area contributed by atoms with Crippen molar-refractivity contribution in [2.45, 2.75) is 20.3 Å². The van der Waals surface area contributed by atoms with Gasteiger partial charge in [0.15, 0.2) is 0 Å². The van der Waals surface area contributed by atoms with E-state index in [1.165, 1.54) is 4.90 Å². The predicted molar refractivity (Wildman–Crippen MR) is 76.0 cm³/mol. The summed E-state index contributed by atoms with van der Waals surface area (Å²) in [6.45, 7) is 3.95. The van der Waals surface area contributed by atoms with Crippen LogP contribution < -0.4 is 4.90 Å². The van der Waals surface area contributed by atoms with E-state index in [4.69, 9.17) is 0 Å². The third-order valence-corrected chi connectivity index (χ3v) is 5.37. The molecule has 1 aromatic carbocycles. The van der Waals surface area contributed by atoms with Gasteiger partial charge in [-0.3, -0.25) is 9.59 Å². The Morgan fingerprint density at radius 2 is 2.05 bits per heavy atom. The third kappa shape index (κ3) is 1.21. The van der Waals surface area contributed by atoms with E-state index in [1.807, 2.05) is 38.1 Å². The summed E-state index contributed by atoms with van der Waals surface area (Å²) in [5.74, 6) is 0.278. The van der Waals surface area contributed by atoms with Gasteiger partial charge in [0.05, 0.1) is 17.0 Å². The summed E-state index contributed by atoms with van der Waals surface area (Å²) >= 11 is 0. The molecule has 0 radical (unpaired) electrons. The molecular weight excluding hydrogens is 250 g/mol. The number of fused-ring (bicyclic) bond motifs is 5. The molecule has 2 bridgehead atoms. The van der Waals surface area contributed by atoms with E-state index in [0.717, 1.165) is 17.7 Å². The van der Waals surface area contributed by atoms with Crippen LogP contribution in [0.1, 0.15) is 18.9 Å². The monoisotopic (exact) mass is 267 g/mol. The molecule has 2 amide bonds. The van der Waals surface area contributed by atoms with E-state index in [2.05, 4.69) is 12.2 Å². The highest BCUT2D eigenvalue weighted by molar-refractivity contribution is 6.24. The highest BCUT2D eigenvalue weighted by Gasteiger charge is 2.67. The van der Waals surface area contributed by atoms with Crippen molar-refractivity contribution in [2.75, 3.05) is 4.90 Å². The van der Waals surface area contributed by atoms with Gasteiger partial charge >= 0.3 is 0 Å². The standard InChI is InChI=1S/C17H17NO2/c1-10-4-3-5-13(8-10)18-15(19)14-11-6-7-12(9-11)17(14,2)16(18)20/h3-8,11-12,14H,9H2,1-2H3/t11-,12-,14-,17+/m0/s1. The van der Waals surface area contributed by atoms with E-state index >= 15 is 0 Å². The van der Waals surface area contributed by atoms with Gasteiger partial charge in [-0.15, -0.1) is 0 Å². The van der Waals surface area contributed by atoms with Crippen LogP contribution in [-0.4, -0.2) is 11.8 Å². The van der Waals surface area contributed by atoms with Crippen LogP contribution in [0.3, 0.4) is 0 Å². The van der Waals surface area contributed by atoms with Gasteiger partial charge in [-0.1, -0.05) is 24.3 Å². The number of anilines is 1. The zero-order valence-electron chi connectivity index (χ0n) is 11.7. The van der Waals surface area contributed by atoms with Gasteiger partial charge in [-0.05, 0) is 49.8 Å². The Bertz CT molecular complexity index is 663. The first kappa shape index (κ1) is 11.9. The largest absolute Gasteiger partial charge is 0.274 e. The molecule has 3 nitrogen and oxygen atoms in total. The molecule has 3 aliphatic rings. The molecule has 0 N–H and O–H groups in total. The lowest BCUT2D eigenvalue weighted by atomic mass is 9.71. The Labute approximate surface area is 118 Å². The number of aryl methyl sites for hydroxylation is 1. The molecule has 3 heteroatoms. The summed E-state index contributed by atoms with van der Waals surface area (Å²) in [5.41, 5.74) is 1.25. The number of hydrogen-bond donors (Lipinski definition) is 0. The molecule has 4 rings (SSSR count). The number of amides is 2. The number of rotatable bonds is 1. The number of benzene rings is 1. The van der Waals surface area contributed by atoms with Gasteiger partial charge in [0, 0.05) is 0 Å². The minimum Gasteiger partial charge on any atom is -0.274 e. The Kier molecular flexibility index (Phi) is 2.14. The van der Waals surface area contributed by atoms with E-state index in [1.54, 1.807) is 0 Å². The summed E-state index contributed by atoms with van der Waals surface area (Å²) in [4.78, 5) is 27.1. The molecule has 0 aromatic heterocycles. The molecule has 4 atom stereocenters. The van der Waals surface area contributed by atoms with Gasteiger partial charge in [0.2, 0.25) is 11.8 Å². The summed E-state index contributed by atoms with van der Waals surface area (Å²) < 4.78 is 0. The number of carbonyl (C=O) groups excluding carboxylic acids is 2. The molecule has 20 heavy (non-hydrogen) atoms. The maximum Gasteiger partial charge on any atom is 0.241 e. The maximum atomic E-state index is 12.9.